The summed E-state index contributed by atoms with van der Waals surface area (Å²) in [4.78, 5) is 32.9. The first-order valence-corrected chi connectivity index (χ1v) is 10.4. The third-order valence-electron chi connectivity index (χ3n) is 5.41. The first kappa shape index (κ1) is 20.8. The molecule has 1 aromatic heterocycles. The Morgan fingerprint density at radius 1 is 1.07 bits per heavy atom. The van der Waals surface area contributed by atoms with Crippen LogP contribution in [0.15, 0.2) is 53.3 Å². The summed E-state index contributed by atoms with van der Waals surface area (Å²) in [6.45, 7) is 6.79. The molecule has 0 saturated carbocycles. The number of nitrogens with zero attached hydrogens (tertiary/aromatic N) is 3. The summed E-state index contributed by atoms with van der Waals surface area (Å²) < 4.78 is 1.59. The standard InChI is InChI=1S/C24H29N3O2/c1-5-16-27(23(28)18-14-12-17(6-2)13-15-18)21(7-3)22-25-20-11-9-8-10-19(20)24(29)26(22)4/h8-15,21H,5-7,16H2,1-4H3. The van der Waals surface area contributed by atoms with Crippen molar-refractivity contribution in [3.05, 3.63) is 75.8 Å². The molecule has 1 amide bonds. The second-order valence-electron chi connectivity index (χ2n) is 7.32. The van der Waals surface area contributed by atoms with Gasteiger partial charge in [0, 0.05) is 19.2 Å². The Hall–Kier alpha value is -2.95. The summed E-state index contributed by atoms with van der Waals surface area (Å²) in [5.74, 6) is 0.604. The van der Waals surface area contributed by atoms with Crippen LogP contribution in [-0.4, -0.2) is 26.9 Å². The first-order chi connectivity index (χ1) is 14.0. The summed E-state index contributed by atoms with van der Waals surface area (Å²) >= 11 is 0. The molecule has 1 unspecified atom stereocenters. The van der Waals surface area contributed by atoms with Crippen molar-refractivity contribution in [2.75, 3.05) is 6.54 Å². The zero-order chi connectivity index (χ0) is 21.0. The third-order valence-corrected chi connectivity index (χ3v) is 5.41. The van der Waals surface area contributed by atoms with Crippen molar-refractivity contribution in [1.29, 1.82) is 0 Å². The van der Waals surface area contributed by atoms with E-state index in [4.69, 9.17) is 4.98 Å². The van der Waals surface area contributed by atoms with Gasteiger partial charge in [-0.15, -0.1) is 0 Å². The van der Waals surface area contributed by atoms with E-state index < -0.39 is 0 Å². The third kappa shape index (κ3) is 4.09. The Bertz CT molecular complexity index is 1050. The molecule has 1 atom stereocenters. The van der Waals surface area contributed by atoms with E-state index in [-0.39, 0.29) is 17.5 Å². The van der Waals surface area contributed by atoms with Crippen LogP contribution in [0.1, 0.15) is 61.4 Å². The fourth-order valence-electron chi connectivity index (χ4n) is 3.76. The van der Waals surface area contributed by atoms with E-state index in [0.29, 0.717) is 35.3 Å². The van der Waals surface area contributed by atoms with Gasteiger partial charge in [0.15, 0.2) is 0 Å². The van der Waals surface area contributed by atoms with Crippen molar-refractivity contribution in [3.8, 4) is 0 Å². The topological polar surface area (TPSA) is 55.2 Å². The van der Waals surface area contributed by atoms with E-state index in [9.17, 15) is 9.59 Å². The van der Waals surface area contributed by atoms with Crippen LogP contribution in [0.3, 0.4) is 0 Å². The van der Waals surface area contributed by atoms with Gasteiger partial charge in [0.05, 0.1) is 16.9 Å². The molecular weight excluding hydrogens is 362 g/mol. The minimum absolute atomic E-state index is 0.0243. The zero-order valence-corrected chi connectivity index (χ0v) is 17.7. The van der Waals surface area contributed by atoms with E-state index in [1.165, 1.54) is 5.56 Å². The maximum absolute atomic E-state index is 13.4. The molecule has 152 valence electrons. The number of para-hydroxylation sites is 1. The number of rotatable bonds is 7. The lowest BCUT2D eigenvalue weighted by atomic mass is 10.1. The minimum atomic E-state index is -0.268. The van der Waals surface area contributed by atoms with Gasteiger partial charge in [0.25, 0.3) is 11.5 Å². The molecule has 2 aromatic carbocycles. The van der Waals surface area contributed by atoms with Crippen molar-refractivity contribution in [2.45, 2.75) is 46.1 Å². The molecule has 0 radical (unpaired) electrons. The molecule has 0 aliphatic carbocycles. The number of carbonyl (C=O) groups is 1. The van der Waals surface area contributed by atoms with E-state index >= 15 is 0 Å². The molecule has 5 heteroatoms. The Morgan fingerprint density at radius 2 is 1.76 bits per heavy atom. The molecular formula is C24H29N3O2. The Balaban J connectivity index is 2.07. The molecule has 0 bridgehead atoms. The van der Waals surface area contributed by atoms with Crippen molar-refractivity contribution in [3.63, 3.8) is 0 Å². The molecule has 3 aromatic rings. The summed E-state index contributed by atoms with van der Waals surface area (Å²) in [7, 11) is 1.74. The minimum Gasteiger partial charge on any atom is -0.328 e. The van der Waals surface area contributed by atoms with Gasteiger partial charge in [-0.25, -0.2) is 4.98 Å². The van der Waals surface area contributed by atoms with Crippen molar-refractivity contribution < 1.29 is 4.79 Å². The van der Waals surface area contributed by atoms with Crippen LogP contribution in [0, 0.1) is 0 Å². The lowest BCUT2D eigenvalue weighted by Gasteiger charge is -2.31. The molecule has 5 nitrogen and oxygen atoms in total. The van der Waals surface area contributed by atoms with Gasteiger partial charge in [-0.05, 0) is 49.1 Å². The van der Waals surface area contributed by atoms with Crippen LogP contribution in [0.2, 0.25) is 0 Å². The number of carbonyl (C=O) groups excluding carboxylic acids is 1. The molecule has 29 heavy (non-hydrogen) atoms. The van der Waals surface area contributed by atoms with Crippen LogP contribution in [-0.2, 0) is 13.5 Å². The second-order valence-corrected chi connectivity index (χ2v) is 7.32. The van der Waals surface area contributed by atoms with Crippen molar-refractivity contribution in [2.24, 2.45) is 7.05 Å². The smallest absolute Gasteiger partial charge is 0.261 e. The van der Waals surface area contributed by atoms with Gasteiger partial charge in [-0.3, -0.25) is 14.2 Å². The van der Waals surface area contributed by atoms with Gasteiger partial charge >= 0.3 is 0 Å². The number of aromatic nitrogens is 2. The maximum Gasteiger partial charge on any atom is 0.261 e. The fraction of sp³-hybridized carbons (Fsp3) is 0.375. The van der Waals surface area contributed by atoms with Gasteiger partial charge in [0.1, 0.15) is 5.82 Å². The number of amides is 1. The predicted molar refractivity (Wildman–Crippen MR) is 117 cm³/mol. The summed E-state index contributed by atoms with van der Waals surface area (Å²) in [6, 6.07) is 14.9. The van der Waals surface area contributed by atoms with Crippen molar-refractivity contribution >= 4 is 16.8 Å². The monoisotopic (exact) mass is 391 g/mol. The predicted octanol–water partition coefficient (Wildman–Crippen LogP) is 4.50. The Kier molecular flexibility index (Phi) is 6.47. The SMILES string of the molecule is CCCN(C(=O)c1ccc(CC)cc1)C(CC)c1nc2ccccc2c(=O)n1C. The highest BCUT2D eigenvalue weighted by Gasteiger charge is 2.28. The summed E-state index contributed by atoms with van der Waals surface area (Å²) in [6.07, 6.45) is 2.45. The normalized spacial score (nSPS) is 12.1. The van der Waals surface area contributed by atoms with Gasteiger partial charge < -0.3 is 4.90 Å². The average Bonchev–Trinajstić information content (AvgIpc) is 2.76. The zero-order valence-electron chi connectivity index (χ0n) is 17.7. The van der Waals surface area contributed by atoms with Gasteiger partial charge in [0.2, 0.25) is 0 Å². The molecule has 1 heterocycles. The number of hydrogen-bond acceptors (Lipinski definition) is 3. The first-order valence-electron chi connectivity index (χ1n) is 10.4. The largest absolute Gasteiger partial charge is 0.328 e. The quantitative estimate of drug-likeness (QED) is 0.596. The van der Waals surface area contributed by atoms with Crippen LogP contribution in [0.4, 0.5) is 0 Å². The second kappa shape index (κ2) is 9.03. The van der Waals surface area contributed by atoms with Gasteiger partial charge in [-0.2, -0.15) is 0 Å². The number of fused-ring (bicyclic) bond motifs is 1. The maximum atomic E-state index is 13.4. The average molecular weight is 392 g/mol. The Labute approximate surface area is 172 Å². The number of aryl methyl sites for hydroxylation is 1. The molecule has 0 N–H and O–H groups in total. The highest BCUT2D eigenvalue weighted by molar-refractivity contribution is 5.94. The fourth-order valence-corrected chi connectivity index (χ4v) is 3.76. The molecule has 3 rings (SSSR count). The highest BCUT2D eigenvalue weighted by Crippen LogP contribution is 2.25. The van der Waals surface area contributed by atoms with Crippen LogP contribution >= 0.6 is 0 Å². The van der Waals surface area contributed by atoms with E-state index in [2.05, 4.69) is 13.8 Å². The highest BCUT2D eigenvalue weighted by atomic mass is 16.2. The van der Waals surface area contributed by atoms with Crippen molar-refractivity contribution in [1.82, 2.24) is 14.5 Å². The van der Waals surface area contributed by atoms with Crippen LogP contribution in [0.5, 0.6) is 0 Å². The number of hydrogen-bond donors (Lipinski definition) is 0. The molecule has 0 aliphatic heterocycles. The summed E-state index contributed by atoms with van der Waals surface area (Å²) in [5, 5.41) is 0.595. The molecule has 0 spiro atoms. The lowest BCUT2D eigenvalue weighted by Crippen LogP contribution is -2.38. The molecule has 0 aliphatic rings. The van der Waals surface area contributed by atoms with Gasteiger partial charge in [-0.1, -0.05) is 45.0 Å². The van der Waals surface area contributed by atoms with E-state index in [1.54, 1.807) is 17.7 Å². The molecule has 0 fully saturated rings. The Morgan fingerprint density at radius 3 is 2.38 bits per heavy atom. The molecule has 0 saturated heterocycles. The lowest BCUT2D eigenvalue weighted by molar-refractivity contribution is 0.0658. The van der Waals surface area contributed by atoms with E-state index in [0.717, 1.165) is 12.8 Å². The van der Waals surface area contributed by atoms with Crippen LogP contribution < -0.4 is 5.56 Å². The summed E-state index contributed by atoms with van der Waals surface area (Å²) in [5.41, 5.74) is 2.45. The van der Waals surface area contributed by atoms with E-state index in [1.807, 2.05) is 54.3 Å². The van der Waals surface area contributed by atoms with Crippen LogP contribution in [0.25, 0.3) is 10.9 Å². The number of benzene rings is 2.